The van der Waals surface area contributed by atoms with E-state index >= 15 is 0 Å². The number of aryl methyl sites for hydroxylation is 1. The molecule has 0 amide bonds. The molecule has 1 aliphatic heterocycles. The van der Waals surface area contributed by atoms with Crippen molar-refractivity contribution in [2.24, 2.45) is 7.05 Å². The van der Waals surface area contributed by atoms with E-state index in [-0.39, 0.29) is 6.61 Å². The summed E-state index contributed by atoms with van der Waals surface area (Å²) in [5.74, 6) is 0. The van der Waals surface area contributed by atoms with Gasteiger partial charge in [-0.1, -0.05) is 0 Å². The van der Waals surface area contributed by atoms with Gasteiger partial charge in [-0.3, -0.25) is 4.68 Å². The summed E-state index contributed by atoms with van der Waals surface area (Å²) in [6.07, 6.45) is 3.49. The van der Waals surface area contributed by atoms with Crippen molar-refractivity contribution in [3.8, 4) is 0 Å². The molecule has 1 N–H and O–H groups in total. The highest BCUT2D eigenvalue weighted by Crippen LogP contribution is 2.16. The van der Waals surface area contributed by atoms with Gasteiger partial charge in [-0.2, -0.15) is 5.10 Å². The number of nitrogens with zero attached hydrogens (tertiary/aromatic N) is 2. The first-order valence-electron chi connectivity index (χ1n) is 5.04. The zero-order valence-corrected chi connectivity index (χ0v) is 8.44. The number of aliphatic hydroxyl groups excluding tert-OH is 1. The van der Waals surface area contributed by atoms with Gasteiger partial charge in [0, 0.05) is 20.1 Å². The van der Waals surface area contributed by atoms with Crippen molar-refractivity contribution >= 4 is 0 Å². The van der Waals surface area contributed by atoms with E-state index in [2.05, 4.69) is 5.10 Å². The first-order chi connectivity index (χ1) is 6.79. The van der Waals surface area contributed by atoms with Crippen LogP contribution < -0.4 is 0 Å². The molecule has 0 radical (unpaired) electrons. The average molecular weight is 196 g/mol. The standard InChI is InChI=1S/C10H16N2O2/c1-12-9(7-13)5-8(11-12)6-10-3-2-4-14-10/h5,10,13H,2-4,6-7H2,1H3. The zero-order chi connectivity index (χ0) is 9.97. The van der Waals surface area contributed by atoms with E-state index in [9.17, 15) is 0 Å². The van der Waals surface area contributed by atoms with E-state index < -0.39 is 0 Å². The summed E-state index contributed by atoms with van der Waals surface area (Å²) in [5, 5.41) is 13.3. The van der Waals surface area contributed by atoms with Crippen LogP contribution in [0, 0.1) is 0 Å². The molecule has 0 aliphatic carbocycles. The van der Waals surface area contributed by atoms with Crippen LogP contribution >= 0.6 is 0 Å². The second-order valence-corrected chi connectivity index (χ2v) is 3.75. The SMILES string of the molecule is Cn1nc(CC2CCCO2)cc1CO. The quantitative estimate of drug-likeness (QED) is 0.771. The third-order valence-electron chi connectivity index (χ3n) is 2.65. The third-order valence-corrected chi connectivity index (χ3v) is 2.65. The number of aliphatic hydroxyl groups is 1. The molecule has 0 aromatic carbocycles. The smallest absolute Gasteiger partial charge is 0.0849 e. The van der Waals surface area contributed by atoms with E-state index in [0.29, 0.717) is 6.10 Å². The second kappa shape index (κ2) is 4.11. The Labute approximate surface area is 83.5 Å². The first kappa shape index (κ1) is 9.68. The van der Waals surface area contributed by atoms with Gasteiger partial charge in [-0.25, -0.2) is 0 Å². The molecule has 1 aromatic rings. The Morgan fingerprint density at radius 3 is 3.14 bits per heavy atom. The summed E-state index contributed by atoms with van der Waals surface area (Å²) in [4.78, 5) is 0. The van der Waals surface area contributed by atoms with Gasteiger partial charge >= 0.3 is 0 Å². The highest BCUT2D eigenvalue weighted by Gasteiger charge is 2.17. The Hall–Kier alpha value is -0.870. The Bertz CT molecular complexity index is 303. The van der Waals surface area contributed by atoms with Crippen LogP contribution in [0.2, 0.25) is 0 Å². The lowest BCUT2D eigenvalue weighted by Crippen LogP contribution is -2.09. The van der Waals surface area contributed by atoms with E-state index in [4.69, 9.17) is 9.84 Å². The van der Waals surface area contributed by atoms with Crippen LogP contribution in [-0.2, 0) is 24.8 Å². The Balaban J connectivity index is 2.01. The fourth-order valence-electron chi connectivity index (χ4n) is 1.86. The van der Waals surface area contributed by atoms with Crippen molar-refractivity contribution in [3.63, 3.8) is 0 Å². The Morgan fingerprint density at radius 1 is 1.71 bits per heavy atom. The van der Waals surface area contributed by atoms with Crippen LogP contribution in [0.1, 0.15) is 24.2 Å². The van der Waals surface area contributed by atoms with Crippen LogP contribution in [0.25, 0.3) is 0 Å². The fourth-order valence-corrected chi connectivity index (χ4v) is 1.86. The van der Waals surface area contributed by atoms with Crippen LogP contribution in [0.15, 0.2) is 6.07 Å². The topological polar surface area (TPSA) is 47.3 Å². The summed E-state index contributed by atoms with van der Waals surface area (Å²) in [7, 11) is 1.85. The molecule has 1 unspecified atom stereocenters. The van der Waals surface area contributed by atoms with Gasteiger partial charge in [0.05, 0.1) is 24.1 Å². The molecule has 2 rings (SSSR count). The molecule has 0 bridgehead atoms. The maximum atomic E-state index is 9.00. The summed E-state index contributed by atoms with van der Waals surface area (Å²) in [5.41, 5.74) is 1.88. The molecule has 4 heteroatoms. The van der Waals surface area contributed by atoms with Crippen molar-refractivity contribution < 1.29 is 9.84 Å². The first-order valence-corrected chi connectivity index (χ1v) is 5.04. The maximum absolute atomic E-state index is 9.00. The maximum Gasteiger partial charge on any atom is 0.0849 e. The summed E-state index contributed by atoms with van der Waals surface area (Å²) in [6.45, 7) is 0.930. The molecule has 2 heterocycles. The zero-order valence-electron chi connectivity index (χ0n) is 8.44. The molecule has 0 spiro atoms. The number of rotatable bonds is 3. The second-order valence-electron chi connectivity index (χ2n) is 3.75. The average Bonchev–Trinajstić information content (AvgIpc) is 2.76. The lowest BCUT2D eigenvalue weighted by molar-refractivity contribution is 0.110. The van der Waals surface area contributed by atoms with Crippen LogP contribution in [0.3, 0.4) is 0 Å². The molecule has 1 aliphatic rings. The molecule has 1 atom stereocenters. The third kappa shape index (κ3) is 1.96. The minimum absolute atomic E-state index is 0.0506. The lowest BCUT2D eigenvalue weighted by atomic mass is 10.1. The normalized spacial score (nSPS) is 21.7. The van der Waals surface area contributed by atoms with E-state index in [1.54, 1.807) is 4.68 Å². The molecule has 14 heavy (non-hydrogen) atoms. The Morgan fingerprint density at radius 2 is 2.57 bits per heavy atom. The number of ether oxygens (including phenoxy) is 1. The van der Waals surface area contributed by atoms with Crippen molar-refractivity contribution in [1.82, 2.24) is 9.78 Å². The summed E-state index contributed by atoms with van der Waals surface area (Å²) < 4.78 is 7.25. The minimum Gasteiger partial charge on any atom is -0.390 e. The van der Waals surface area contributed by atoms with Crippen LogP contribution in [0.4, 0.5) is 0 Å². The summed E-state index contributed by atoms with van der Waals surface area (Å²) >= 11 is 0. The van der Waals surface area contributed by atoms with Crippen molar-refractivity contribution in [1.29, 1.82) is 0 Å². The predicted octanol–water partition coefficient (Wildman–Crippen LogP) is 0.634. The molecule has 1 aromatic heterocycles. The van der Waals surface area contributed by atoms with Crippen LogP contribution in [0.5, 0.6) is 0 Å². The van der Waals surface area contributed by atoms with Crippen LogP contribution in [-0.4, -0.2) is 27.6 Å². The van der Waals surface area contributed by atoms with Gasteiger partial charge < -0.3 is 9.84 Å². The minimum atomic E-state index is 0.0506. The molecule has 0 saturated carbocycles. The molecular weight excluding hydrogens is 180 g/mol. The molecule has 1 fully saturated rings. The highest BCUT2D eigenvalue weighted by atomic mass is 16.5. The van der Waals surface area contributed by atoms with Crippen molar-refractivity contribution in [3.05, 3.63) is 17.5 Å². The van der Waals surface area contributed by atoms with Crippen molar-refractivity contribution in [2.75, 3.05) is 6.61 Å². The number of hydrogen-bond acceptors (Lipinski definition) is 3. The lowest BCUT2D eigenvalue weighted by Gasteiger charge is -2.05. The molecular formula is C10H16N2O2. The van der Waals surface area contributed by atoms with E-state index in [1.807, 2.05) is 13.1 Å². The van der Waals surface area contributed by atoms with Gasteiger partial charge in [-0.15, -0.1) is 0 Å². The fraction of sp³-hybridized carbons (Fsp3) is 0.700. The number of aromatic nitrogens is 2. The molecule has 1 saturated heterocycles. The number of hydrogen-bond donors (Lipinski definition) is 1. The van der Waals surface area contributed by atoms with Gasteiger partial charge in [0.2, 0.25) is 0 Å². The predicted molar refractivity (Wildman–Crippen MR) is 51.8 cm³/mol. The van der Waals surface area contributed by atoms with Gasteiger partial charge in [0.1, 0.15) is 0 Å². The Kier molecular flexibility index (Phi) is 2.84. The summed E-state index contributed by atoms with van der Waals surface area (Å²) in [6, 6.07) is 1.95. The monoisotopic (exact) mass is 196 g/mol. The van der Waals surface area contributed by atoms with E-state index in [1.165, 1.54) is 0 Å². The van der Waals surface area contributed by atoms with Gasteiger partial charge in [0.25, 0.3) is 0 Å². The van der Waals surface area contributed by atoms with Gasteiger partial charge in [-0.05, 0) is 18.9 Å². The largest absolute Gasteiger partial charge is 0.390 e. The van der Waals surface area contributed by atoms with E-state index in [0.717, 1.165) is 37.3 Å². The molecule has 78 valence electrons. The van der Waals surface area contributed by atoms with Gasteiger partial charge in [0.15, 0.2) is 0 Å². The highest BCUT2D eigenvalue weighted by molar-refractivity contribution is 5.10. The molecule has 4 nitrogen and oxygen atoms in total. The van der Waals surface area contributed by atoms with Crippen molar-refractivity contribution in [2.45, 2.75) is 32.0 Å².